The SMILES string of the molecule is CCc1ccc(COC(=O)c2cc(N)cnc2C)cc1. The van der Waals surface area contributed by atoms with Crippen molar-refractivity contribution in [3.63, 3.8) is 0 Å². The fourth-order valence-electron chi connectivity index (χ4n) is 1.85. The van der Waals surface area contributed by atoms with E-state index in [4.69, 9.17) is 10.5 Å². The molecular formula is C16H18N2O2. The Morgan fingerprint density at radius 1 is 1.25 bits per heavy atom. The maximum Gasteiger partial charge on any atom is 0.340 e. The van der Waals surface area contributed by atoms with Crippen LogP contribution in [0.3, 0.4) is 0 Å². The largest absolute Gasteiger partial charge is 0.457 e. The van der Waals surface area contributed by atoms with Crippen molar-refractivity contribution in [2.45, 2.75) is 26.9 Å². The van der Waals surface area contributed by atoms with Crippen molar-refractivity contribution >= 4 is 11.7 Å². The Hall–Kier alpha value is -2.36. The van der Waals surface area contributed by atoms with Crippen LogP contribution in [0.4, 0.5) is 5.69 Å². The molecule has 104 valence electrons. The summed E-state index contributed by atoms with van der Waals surface area (Å²) in [5, 5.41) is 0. The number of nitrogens with two attached hydrogens (primary N) is 1. The van der Waals surface area contributed by atoms with Gasteiger partial charge in [-0.05, 0) is 30.5 Å². The number of hydrogen-bond acceptors (Lipinski definition) is 4. The van der Waals surface area contributed by atoms with Crippen molar-refractivity contribution in [1.82, 2.24) is 4.98 Å². The lowest BCUT2D eigenvalue weighted by Gasteiger charge is -2.08. The highest BCUT2D eigenvalue weighted by molar-refractivity contribution is 5.91. The van der Waals surface area contributed by atoms with E-state index in [9.17, 15) is 4.79 Å². The molecule has 0 atom stereocenters. The summed E-state index contributed by atoms with van der Waals surface area (Å²) < 4.78 is 5.29. The molecule has 1 aromatic heterocycles. The normalized spacial score (nSPS) is 10.3. The molecule has 0 saturated carbocycles. The van der Waals surface area contributed by atoms with Crippen LogP contribution in [-0.4, -0.2) is 11.0 Å². The van der Waals surface area contributed by atoms with Crippen molar-refractivity contribution in [1.29, 1.82) is 0 Å². The smallest absolute Gasteiger partial charge is 0.340 e. The van der Waals surface area contributed by atoms with E-state index in [-0.39, 0.29) is 6.61 Å². The summed E-state index contributed by atoms with van der Waals surface area (Å²) in [6.45, 7) is 4.10. The number of nitrogens with zero attached hydrogens (tertiary/aromatic N) is 1. The highest BCUT2D eigenvalue weighted by Gasteiger charge is 2.12. The summed E-state index contributed by atoms with van der Waals surface area (Å²) in [4.78, 5) is 16.0. The zero-order valence-electron chi connectivity index (χ0n) is 11.7. The second kappa shape index (κ2) is 6.19. The quantitative estimate of drug-likeness (QED) is 0.867. The third kappa shape index (κ3) is 3.35. The number of ether oxygens (including phenoxy) is 1. The Labute approximate surface area is 118 Å². The molecule has 0 aliphatic heterocycles. The lowest BCUT2D eigenvalue weighted by Crippen LogP contribution is -2.09. The average molecular weight is 270 g/mol. The van der Waals surface area contributed by atoms with Gasteiger partial charge in [0.25, 0.3) is 0 Å². The van der Waals surface area contributed by atoms with Gasteiger partial charge in [0.1, 0.15) is 6.61 Å². The highest BCUT2D eigenvalue weighted by Crippen LogP contribution is 2.13. The van der Waals surface area contributed by atoms with E-state index in [0.717, 1.165) is 12.0 Å². The summed E-state index contributed by atoms with van der Waals surface area (Å²) >= 11 is 0. The van der Waals surface area contributed by atoms with Crippen molar-refractivity contribution in [2.75, 3.05) is 5.73 Å². The third-order valence-corrected chi connectivity index (χ3v) is 3.13. The van der Waals surface area contributed by atoms with Gasteiger partial charge in [-0.25, -0.2) is 4.79 Å². The Balaban J connectivity index is 2.02. The number of aryl methyl sites for hydroxylation is 2. The van der Waals surface area contributed by atoms with Crippen molar-refractivity contribution in [3.05, 3.63) is 58.9 Å². The van der Waals surface area contributed by atoms with E-state index in [2.05, 4.69) is 11.9 Å². The Kier molecular flexibility index (Phi) is 4.35. The number of rotatable bonds is 4. The van der Waals surface area contributed by atoms with Gasteiger partial charge in [-0.3, -0.25) is 4.98 Å². The van der Waals surface area contributed by atoms with Crippen LogP contribution in [0.1, 0.15) is 34.1 Å². The van der Waals surface area contributed by atoms with Crippen LogP contribution in [0.2, 0.25) is 0 Å². The van der Waals surface area contributed by atoms with E-state index < -0.39 is 5.97 Å². The van der Waals surface area contributed by atoms with E-state index in [0.29, 0.717) is 16.9 Å². The first kappa shape index (κ1) is 14.1. The molecule has 2 N–H and O–H groups in total. The fourth-order valence-corrected chi connectivity index (χ4v) is 1.85. The molecular weight excluding hydrogens is 252 g/mol. The highest BCUT2D eigenvalue weighted by atomic mass is 16.5. The molecule has 4 heteroatoms. The lowest BCUT2D eigenvalue weighted by atomic mass is 10.1. The molecule has 0 spiro atoms. The second-order valence-electron chi connectivity index (χ2n) is 4.65. The van der Waals surface area contributed by atoms with Gasteiger partial charge in [-0.2, -0.15) is 0 Å². The zero-order valence-corrected chi connectivity index (χ0v) is 11.7. The fraction of sp³-hybridized carbons (Fsp3) is 0.250. The minimum Gasteiger partial charge on any atom is -0.457 e. The van der Waals surface area contributed by atoms with E-state index >= 15 is 0 Å². The maximum atomic E-state index is 12.0. The van der Waals surface area contributed by atoms with Crippen LogP contribution < -0.4 is 5.73 Å². The number of carbonyl (C=O) groups excluding carboxylic acids is 1. The van der Waals surface area contributed by atoms with Crippen LogP contribution >= 0.6 is 0 Å². The average Bonchev–Trinajstić information content (AvgIpc) is 2.47. The van der Waals surface area contributed by atoms with Crippen molar-refractivity contribution in [3.8, 4) is 0 Å². The first-order chi connectivity index (χ1) is 9.60. The van der Waals surface area contributed by atoms with Crippen molar-refractivity contribution < 1.29 is 9.53 Å². The molecule has 0 unspecified atom stereocenters. The van der Waals surface area contributed by atoms with Gasteiger partial charge in [-0.1, -0.05) is 31.2 Å². The van der Waals surface area contributed by atoms with Crippen molar-refractivity contribution in [2.24, 2.45) is 0 Å². The number of pyridine rings is 1. The van der Waals surface area contributed by atoms with Gasteiger partial charge in [0.15, 0.2) is 0 Å². The number of carbonyl (C=O) groups is 1. The lowest BCUT2D eigenvalue weighted by molar-refractivity contribution is 0.0471. The predicted octanol–water partition coefficient (Wildman–Crippen LogP) is 2.89. The molecule has 0 aliphatic carbocycles. The summed E-state index contributed by atoms with van der Waals surface area (Å²) in [5.74, 6) is -0.401. The van der Waals surface area contributed by atoms with Crippen LogP contribution in [0, 0.1) is 6.92 Å². The van der Waals surface area contributed by atoms with E-state index in [1.165, 1.54) is 11.8 Å². The summed E-state index contributed by atoms with van der Waals surface area (Å²) in [6.07, 6.45) is 2.52. The topological polar surface area (TPSA) is 65.2 Å². The third-order valence-electron chi connectivity index (χ3n) is 3.13. The zero-order chi connectivity index (χ0) is 14.5. The number of hydrogen-bond donors (Lipinski definition) is 1. The Morgan fingerprint density at radius 3 is 2.55 bits per heavy atom. The van der Waals surface area contributed by atoms with Crippen LogP contribution in [0.25, 0.3) is 0 Å². The number of aromatic nitrogens is 1. The molecule has 1 heterocycles. The molecule has 2 rings (SSSR count). The van der Waals surface area contributed by atoms with Gasteiger partial charge in [0.2, 0.25) is 0 Å². The van der Waals surface area contributed by atoms with Gasteiger partial charge in [-0.15, -0.1) is 0 Å². The molecule has 0 radical (unpaired) electrons. The standard InChI is InChI=1S/C16H18N2O2/c1-3-12-4-6-13(7-5-12)10-20-16(19)15-8-14(17)9-18-11(15)2/h4-9H,3,10,17H2,1-2H3. The van der Waals surface area contributed by atoms with Gasteiger partial charge < -0.3 is 10.5 Å². The Morgan fingerprint density at radius 2 is 1.90 bits per heavy atom. The van der Waals surface area contributed by atoms with Gasteiger partial charge >= 0.3 is 5.97 Å². The van der Waals surface area contributed by atoms with Crippen LogP contribution in [0.15, 0.2) is 36.5 Å². The minimum atomic E-state index is -0.401. The van der Waals surface area contributed by atoms with Gasteiger partial charge in [0, 0.05) is 0 Å². The molecule has 0 amide bonds. The maximum absolute atomic E-state index is 12.0. The Bertz CT molecular complexity index is 606. The number of esters is 1. The summed E-state index contributed by atoms with van der Waals surface area (Å²) in [6, 6.07) is 9.60. The molecule has 0 bridgehead atoms. The second-order valence-corrected chi connectivity index (χ2v) is 4.65. The first-order valence-electron chi connectivity index (χ1n) is 6.57. The molecule has 1 aromatic carbocycles. The molecule has 0 fully saturated rings. The molecule has 0 saturated heterocycles. The summed E-state index contributed by atoms with van der Waals surface area (Å²) in [5.41, 5.74) is 9.34. The predicted molar refractivity (Wildman–Crippen MR) is 78.3 cm³/mol. The number of benzene rings is 1. The molecule has 4 nitrogen and oxygen atoms in total. The van der Waals surface area contributed by atoms with Crippen LogP contribution in [0.5, 0.6) is 0 Å². The molecule has 20 heavy (non-hydrogen) atoms. The molecule has 2 aromatic rings. The number of anilines is 1. The monoisotopic (exact) mass is 270 g/mol. The van der Waals surface area contributed by atoms with Crippen LogP contribution in [-0.2, 0) is 17.8 Å². The molecule has 0 aliphatic rings. The van der Waals surface area contributed by atoms with E-state index in [1.807, 2.05) is 24.3 Å². The number of nitrogen functional groups attached to an aromatic ring is 1. The minimum absolute atomic E-state index is 0.247. The summed E-state index contributed by atoms with van der Waals surface area (Å²) in [7, 11) is 0. The van der Waals surface area contributed by atoms with Gasteiger partial charge in [0.05, 0.1) is 23.1 Å². The van der Waals surface area contributed by atoms with E-state index in [1.54, 1.807) is 13.0 Å². The first-order valence-corrected chi connectivity index (χ1v) is 6.57.